The number of carboxylic acid groups (broad SMARTS) is 1. The fraction of sp³-hybridized carbons (Fsp3) is 0.222. The van der Waals surface area contributed by atoms with Crippen molar-refractivity contribution in [1.29, 1.82) is 0 Å². The van der Waals surface area contributed by atoms with Gasteiger partial charge in [-0.2, -0.15) is 0 Å². The Bertz CT molecular complexity index is 377. The molecule has 14 heavy (non-hydrogen) atoms. The van der Waals surface area contributed by atoms with Crippen molar-refractivity contribution in [2.75, 3.05) is 6.61 Å². The second kappa shape index (κ2) is 3.38. The molecule has 0 fully saturated rings. The number of rotatable bonds is 1. The molecule has 0 aliphatic carbocycles. The Morgan fingerprint density at radius 3 is 3.07 bits per heavy atom. The van der Waals surface area contributed by atoms with Crippen LogP contribution in [0.2, 0.25) is 0 Å². The minimum atomic E-state index is -1.04. The molecule has 0 spiro atoms. The van der Waals surface area contributed by atoms with Gasteiger partial charge in [0.05, 0.1) is 0 Å². The fourth-order valence-corrected chi connectivity index (χ4v) is 1.41. The highest BCUT2D eigenvalue weighted by Gasteiger charge is 2.23. The van der Waals surface area contributed by atoms with E-state index in [0.29, 0.717) is 5.75 Å². The molecule has 2 rings (SSSR count). The first-order chi connectivity index (χ1) is 6.68. The first-order valence-electron chi connectivity index (χ1n) is 3.98. The van der Waals surface area contributed by atoms with E-state index in [1.54, 1.807) is 12.1 Å². The molecule has 0 saturated heterocycles. The third-order valence-corrected chi connectivity index (χ3v) is 2.04. The largest absolute Gasteiger partial charge is 0.484 e. The van der Waals surface area contributed by atoms with Crippen LogP contribution in [0.25, 0.3) is 0 Å². The maximum Gasteiger partial charge on any atom is 0.339 e. The van der Waals surface area contributed by atoms with Gasteiger partial charge in [0.15, 0.2) is 11.5 Å². The van der Waals surface area contributed by atoms with Crippen molar-refractivity contribution in [3.63, 3.8) is 0 Å². The van der Waals surface area contributed by atoms with Gasteiger partial charge in [0.2, 0.25) is 5.56 Å². The molecule has 1 aliphatic heterocycles. The Morgan fingerprint density at radius 2 is 2.36 bits per heavy atom. The molecule has 1 heterocycles. The molecule has 1 aromatic carbocycles. The van der Waals surface area contributed by atoms with E-state index in [1.807, 2.05) is 0 Å². The average Bonchev–Trinajstić information content (AvgIpc) is 2.16. The molecule has 0 radical (unpaired) electrons. The van der Waals surface area contributed by atoms with Gasteiger partial charge in [0.25, 0.3) is 0 Å². The van der Waals surface area contributed by atoms with E-state index >= 15 is 0 Å². The van der Waals surface area contributed by atoms with Crippen LogP contribution in [-0.4, -0.2) is 23.2 Å². The first-order valence-corrected chi connectivity index (χ1v) is 4.42. The van der Waals surface area contributed by atoms with Crippen LogP contribution in [0.1, 0.15) is 10.4 Å². The van der Waals surface area contributed by atoms with E-state index in [4.69, 9.17) is 26.2 Å². The zero-order valence-electron chi connectivity index (χ0n) is 7.07. The summed E-state index contributed by atoms with van der Waals surface area (Å²) in [4.78, 5) is 10.8. The van der Waals surface area contributed by atoms with E-state index in [2.05, 4.69) is 0 Å². The van der Waals surface area contributed by atoms with E-state index in [1.165, 1.54) is 6.07 Å². The van der Waals surface area contributed by atoms with Gasteiger partial charge >= 0.3 is 5.97 Å². The number of alkyl halides is 1. The number of aromatic carboxylic acids is 1. The molecule has 74 valence electrons. The van der Waals surface area contributed by atoms with Gasteiger partial charge in [-0.05, 0) is 12.1 Å². The molecular weight excluding hydrogens is 208 g/mol. The summed E-state index contributed by atoms with van der Waals surface area (Å²) in [6.07, 6.45) is 0. The lowest BCUT2D eigenvalue weighted by molar-refractivity contribution is 0.0683. The number of carboxylic acids is 1. The van der Waals surface area contributed by atoms with E-state index < -0.39 is 11.5 Å². The number of benzene rings is 1. The fourth-order valence-electron chi connectivity index (χ4n) is 1.25. The predicted octanol–water partition coefficient (Wildman–Crippen LogP) is 1.72. The van der Waals surface area contributed by atoms with Gasteiger partial charge in [-0.15, -0.1) is 0 Å². The van der Waals surface area contributed by atoms with Crippen molar-refractivity contribution in [3.05, 3.63) is 23.8 Å². The predicted molar refractivity (Wildman–Crippen MR) is 49.2 cm³/mol. The molecule has 1 N–H and O–H groups in total. The molecule has 0 aromatic heterocycles. The molecule has 1 aliphatic rings. The minimum Gasteiger partial charge on any atom is -0.484 e. The standard InChI is InChI=1S/C9H7ClO4/c10-7-4-13-8-5(9(11)12)2-1-3-6(8)14-7/h1-3,7H,4H2,(H,11,12). The molecule has 1 aromatic rings. The van der Waals surface area contributed by atoms with Crippen LogP contribution in [0.5, 0.6) is 11.5 Å². The number of fused-ring (bicyclic) bond motifs is 1. The maximum atomic E-state index is 10.8. The van der Waals surface area contributed by atoms with Crippen molar-refractivity contribution in [2.24, 2.45) is 0 Å². The van der Waals surface area contributed by atoms with E-state index in [0.717, 1.165) is 0 Å². The van der Waals surface area contributed by atoms with Gasteiger partial charge in [-0.3, -0.25) is 0 Å². The molecule has 4 nitrogen and oxygen atoms in total. The smallest absolute Gasteiger partial charge is 0.339 e. The summed E-state index contributed by atoms with van der Waals surface area (Å²) in [7, 11) is 0. The highest BCUT2D eigenvalue weighted by Crippen LogP contribution is 2.35. The Labute approximate surface area is 85.0 Å². The average molecular weight is 215 g/mol. The Hall–Kier alpha value is -1.42. The lowest BCUT2D eigenvalue weighted by atomic mass is 10.2. The van der Waals surface area contributed by atoms with Crippen LogP contribution in [0.4, 0.5) is 0 Å². The van der Waals surface area contributed by atoms with Gasteiger partial charge < -0.3 is 14.6 Å². The number of hydrogen-bond acceptors (Lipinski definition) is 3. The molecule has 1 unspecified atom stereocenters. The van der Waals surface area contributed by atoms with Crippen molar-refractivity contribution < 1.29 is 19.4 Å². The lowest BCUT2D eigenvalue weighted by Crippen LogP contribution is -2.24. The minimum absolute atomic E-state index is 0.0890. The van der Waals surface area contributed by atoms with E-state index in [-0.39, 0.29) is 17.9 Å². The van der Waals surface area contributed by atoms with Crippen LogP contribution in [0.15, 0.2) is 18.2 Å². The zero-order valence-corrected chi connectivity index (χ0v) is 7.82. The maximum absolute atomic E-state index is 10.8. The highest BCUT2D eigenvalue weighted by atomic mass is 35.5. The van der Waals surface area contributed by atoms with Crippen molar-refractivity contribution in [2.45, 2.75) is 5.56 Å². The number of para-hydroxylation sites is 1. The molecule has 5 heteroatoms. The molecule has 0 saturated carbocycles. The summed E-state index contributed by atoms with van der Waals surface area (Å²) in [6.45, 7) is 0.152. The summed E-state index contributed by atoms with van der Waals surface area (Å²) in [5, 5.41) is 8.84. The molecule has 0 bridgehead atoms. The van der Waals surface area contributed by atoms with Gasteiger partial charge in [-0.1, -0.05) is 17.7 Å². The van der Waals surface area contributed by atoms with Gasteiger partial charge in [0.1, 0.15) is 12.2 Å². The summed E-state index contributed by atoms with van der Waals surface area (Å²) in [5.41, 5.74) is -0.474. The molecule has 0 amide bonds. The van der Waals surface area contributed by atoms with Crippen LogP contribution in [0, 0.1) is 0 Å². The van der Waals surface area contributed by atoms with Crippen LogP contribution in [0.3, 0.4) is 0 Å². The first kappa shape index (κ1) is 9.15. The summed E-state index contributed by atoms with van der Waals surface area (Å²) in [5.74, 6) is -0.425. The monoisotopic (exact) mass is 214 g/mol. The summed E-state index contributed by atoms with van der Waals surface area (Å²) < 4.78 is 10.4. The van der Waals surface area contributed by atoms with Crippen molar-refractivity contribution in [1.82, 2.24) is 0 Å². The Morgan fingerprint density at radius 1 is 1.57 bits per heavy atom. The van der Waals surface area contributed by atoms with Crippen molar-refractivity contribution in [3.8, 4) is 11.5 Å². The van der Waals surface area contributed by atoms with Gasteiger partial charge in [-0.25, -0.2) is 4.79 Å². The number of hydrogen-bond donors (Lipinski definition) is 1. The van der Waals surface area contributed by atoms with Crippen LogP contribution < -0.4 is 9.47 Å². The quantitative estimate of drug-likeness (QED) is 0.724. The highest BCUT2D eigenvalue weighted by molar-refractivity contribution is 6.20. The molecule has 1 atom stereocenters. The third-order valence-electron chi connectivity index (χ3n) is 1.82. The third kappa shape index (κ3) is 1.48. The Balaban J connectivity index is 2.46. The molecular formula is C9H7ClO4. The lowest BCUT2D eigenvalue weighted by Gasteiger charge is -2.23. The number of carbonyl (C=O) groups is 1. The number of ether oxygens (including phenoxy) is 2. The number of halogens is 1. The summed E-state index contributed by atoms with van der Waals surface area (Å²) >= 11 is 5.68. The van der Waals surface area contributed by atoms with E-state index in [9.17, 15) is 4.79 Å². The van der Waals surface area contributed by atoms with Gasteiger partial charge in [0, 0.05) is 0 Å². The van der Waals surface area contributed by atoms with Crippen molar-refractivity contribution >= 4 is 17.6 Å². The Kier molecular flexibility index (Phi) is 2.21. The van der Waals surface area contributed by atoms with Crippen LogP contribution >= 0.6 is 11.6 Å². The normalized spacial score (nSPS) is 19.1. The second-order valence-electron chi connectivity index (χ2n) is 2.78. The SMILES string of the molecule is O=C(O)c1cccc2c1OCC(Cl)O2. The zero-order chi connectivity index (χ0) is 10.1. The van der Waals surface area contributed by atoms with Crippen LogP contribution in [-0.2, 0) is 0 Å². The topological polar surface area (TPSA) is 55.8 Å². The second-order valence-corrected chi connectivity index (χ2v) is 3.26. The summed E-state index contributed by atoms with van der Waals surface area (Å²) in [6, 6.07) is 4.66.